The van der Waals surface area contributed by atoms with E-state index in [0.29, 0.717) is 18.4 Å². The molecule has 1 aliphatic heterocycles. The molecule has 1 atom stereocenters. The van der Waals surface area contributed by atoms with Gasteiger partial charge in [-0.25, -0.2) is 0 Å². The molecular weight excluding hydrogens is 340 g/mol. The molecule has 1 fully saturated rings. The summed E-state index contributed by atoms with van der Waals surface area (Å²) in [5, 5.41) is 6.77. The van der Waals surface area contributed by atoms with Gasteiger partial charge in [0, 0.05) is 51.6 Å². The molecule has 0 bridgehead atoms. The molecule has 0 saturated carbocycles. The Hall–Kier alpha value is -1.95. The number of nitrogens with one attached hydrogen (secondary N) is 2. The minimum Gasteiger partial charge on any atom is -0.497 e. The van der Waals surface area contributed by atoms with Gasteiger partial charge in [-0.1, -0.05) is 19.9 Å². The standard InChI is InChI=1S/C21H36N4O2/c1-17(2)9-12-27-13-10-23-21(22-3)24-15-18-8-11-25(16-18)19-6-5-7-20(14-19)26-4/h5-7,14,17-18H,8-13,15-16H2,1-4H3,(H2,22,23,24). The third kappa shape index (κ3) is 7.67. The summed E-state index contributed by atoms with van der Waals surface area (Å²) in [6, 6.07) is 8.29. The lowest BCUT2D eigenvalue weighted by Crippen LogP contribution is -2.41. The Morgan fingerprint density at radius 1 is 1.30 bits per heavy atom. The zero-order valence-electron chi connectivity index (χ0n) is 17.3. The lowest BCUT2D eigenvalue weighted by atomic mass is 10.1. The monoisotopic (exact) mass is 376 g/mol. The van der Waals surface area contributed by atoms with Gasteiger partial charge in [0.05, 0.1) is 13.7 Å². The molecule has 1 heterocycles. The van der Waals surface area contributed by atoms with Crippen molar-refractivity contribution in [3.05, 3.63) is 24.3 Å². The molecule has 0 aromatic heterocycles. The highest BCUT2D eigenvalue weighted by atomic mass is 16.5. The summed E-state index contributed by atoms with van der Waals surface area (Å²) in [6.07, 6.45) is 2.29. The van der Waals surface area contributed by atoms with Crippen LogP contribution >= 0.6 is 0 Å². The maximum absolute atomic E-state index is 5.64. The van der Waals surface area contributed by atoms with Crippen LogP contribution in [0.25, 0.3) is 0 Å². The number of hydrogen-bond donors (Lipinski definition) is 2. The number of rotatable bonds is 10. The number of benzene rings is 1. The second-order valence-corrected chi connectivity index (χ2v) is 7.48. The van der Waals surface area contributed by atoms with Gasteiger partial charge in [-0.3, -0.25) is 4.99 Å². The average molecular weight is 377 g/mol. The van der Waals surface area contributed by atoms with Crippen molar-refractivity contribution in [1.82, 2.24) is 10.6 Å². The number of guanidine groups is 1. The summed E-state index contributed by atoms with van der Waals surface area (Å²) < 4.78 is 11.0. The molecule has 6 nitrogen and oxygen atoms in total. The largest absolute Gasteiger partial charge is 0.497 e. The van der Waals surface area contributed by atoms with Crippen LogP contribution in [0.4, 0.5) is 5.69 Å². The molecule has 2 rings (SSSR count). The van der Waals surface area contributed by atoms with Crippen LogP contribution < -0.4 is 20.3 Å². The van der Waals surface area contributed by atoms with Gasteiger partial charge in [0.1, 0.15) is 5.75 Å². The average Bonchev–Trinajstić information content (AvgIpc) is 3.15. The summed E-state index contributed by atoms with van der Waals surface area (Å²) in [5.74, 6) is 3.06. The number of aliphatic imine (C=N–C) groups is 1. The molecule has 1 unspecified atom stereocenters. The van der Waals surface area contributed by atoms with Gasteiger partial charge < -0.3 is 25.0 Å². The van der Waals surface area contributed by atoms with Crippen molar-refractivity contribution in [3.8, 4) is 5.75 Å². The first kappa shape index (κ1) is 21.4. The number of ether oxygens (including phenoxy) is 2. The topological polar surface area (TPSA) is 58.1 Å². The Balaban J connectivity index is 1.65. The SMILES string of the molecule is CN=C(NCCOCCC(C)C)NCC1CCN(c2cccc(OC)c2)C1. The second kappa shape index (κ2) is 11.7. The van der Waals surface area contributed by atoms with E-state index in [1.54, 1.807) is 7.11 Å². The zero-order valence-corrected chi connectivity index (χ0v) is 17.3. The van der Waals surface area contributed by atoms with Crippen LogP contribution in [0.3, 0.4) is 0 Å². The lowest BCUT2D eigenvalue weighted by Gasteiger charge is -2.20. The third-order valence-electron chi connectivity index (χ3n) is 4.86. The smallest absolute Gasteiger partial charge is 0.191 e. The van der Waals surface area contributed by atoms with E-state index in [1.807, 2.05) is 13.1 Å². The highest BCUT2D eigenvalue weighted by Gasteiger charge is 2.23. The van der Waals surface area contributed by atoms with Crippen LogP contribution in [0.2, 0.25) is 0 Å². The highest BCUT2D eigenvalue weighted by Crippen LogP contribution is 2.26. The van der Waals surface area contributed by atoms with E-state index in [4.69, 9.17) is 9.47 Å². The maximum Gasteiger partial charge on any atom is 0.191 e. The second-order valence-electron chi connectivity index (χ2n) is 7.48. The molecule has 0 amide bonds. The maximum atomic E-state index is 5.64. The van der Waals surface area contributed by atoms with Crippen molar-refractivity contribution in [2.45, 2.75) is 26.7 Å². The Morgan fingerprint density at radius 2 is 2.15 bits per heavy atom. The van der Waals surface area contributed by atoms with E-state index in [-0.39, 0.29) is 0 Å². The molecule has 27 heavy (non-hydrogen) atoms. The van der Waals surface area contributed by atoms with Crippen molar-refractivity contribution in [2.24, 2.45) is 16.8 Å². The van der Waals surface area contributed by atoms with E-state index >= 15 is 0 Å². The van der Waals surface area contributed by atoms with Crippen LogP contribution in [-0.4, -0.2) is 59.5 Å². The first-order valence-corrected chi connectivity index (χ1v) is 10.0. The molecule has 0 aliphatic carbocycles. The Morgan fingerprint density at radius 3 is 2.89 bits per heavy atom. The van der Waals surface area contributed by atoms with Crippen molar-refractivity contribution < 1.29 is 9.47 Å². The van der Waals surface area contributed by atoms with E-state index in [1.165, 1.54) is 12.1 Å². The fourth-order valence-electron chi connectivity index (χ4n) is 3.17. The van der Waals surface area contributed by atoms with Crippen LogP contribution in [0.1, 0.15) is 26.7 Å². The number of nitrogens with zero attached hydrogens (tertiary/aromatic N) is 2. The van der Waals surface area contributed by atoms with Gasteiger partial charge in [-0.15, -0.1) is 0 Å². The Bertz CT molecular complexity index is 577. The van der Waals surface area contributed by atoms with Crippen LogP contribution in [0, 0.1) is 11.8 Å². The number of anilines is 1. The molecule has 1 aromatic rings. The summed E-state index contributed by atoms with van der Waals surface area (Å²) >= 11 is 0. The predicted molar refractivity (Wildman–Crippen MR) is 113 cm³/mol. The van der Waals surface area contributed by atoms with Crippen molar-refractivity contribution >= 4 is 11.6 Å². The molecule has 152 valence electrons. The predicted octanol–water partition coefficient (Wildman–Crippen LogP) is 2.75. The van der Waals surface area contributed by atoms with Gasteiger partial charge in [0.15, 0.2) is 5.96 Å². The zero-order chi connectivity index (χ0) is 19.5. The molecule has 1 saturated heterocycles. The van der Waals surface area contributed by atoms with E-state index in [9.17, 15) is 0 Å². The van der Waals surface area contributed by atoms with Crippen LogP contribution in [-0.2, 0) is 4.74 Å². The van der Waals surface area contributed by atoms with Crippen molar-refractivity contribution in [3.63, 3.8) is 0 Å². The fraction of sp³-hybridized carbons (Fsp3) is 0.667. The molecule has 1 aromatic carbocycles. The third-order valence-corrected chi connectivity index (χ3v) is 4.86. The highest BCUT2D eigenvalue weighted by molar-refractivity contribution is 5.79. The first-order chi connectivity index (χ1) is 13.1. The minimum atomic E-state index is 0.608. The molecular formula is C21H36N4O2. The quantitative estimate of drug-likeness (QED) is 0.374. The molecule has 1 aliphatic rings. The molecule has 0 radical (unpaired) electrons. The van der Waals surface area contributed by atoms with Gasteiger partial charge in [0.2, 0.25) is 0 Å². The normalized spacial score (nSPS) is 17.4. The number of methoxy groups -OCH3 is 1. The van der Waals surface area contributed by atoms with Crippen LogP contribution in [0.5, 0.6) is 5.75 Å². The van der Waals surface area contributed by atoms with E-state index in [2.05, 4.69) is 52.6 Å². The summed E-state index contributed by atoms with van der Waals surface area (Å²) in [4.78, 5) is 6.73. The van der Waals surface area contributed by atoms with Gasteiger partial charge in [-0.05, 0) is 36.8 Å². The van der Waals surface area contributed by atoms with E-state index < -0.39 is 0 Å². The van der Waals surface area contributed by atoms with Gasteiger partial charge >= 0.3 is 0 Å². The number of hydrogen-bond acceptors (Lipinski definition) is 4. The summed E-state index contributed by atoms with van der Waals surface area (Å²) in [5.41, 5.74) is 1.23. The van der Waals surface area contributed by atoms with Gasteiger partial charge in [-0.2, -0.15) is 0 Å². The molecule has 2 N–H and O–H groups in total. The van der Waals surface area contributed by atoms with Crippen molar-refractivity contribution in [2.75, 3.05) is 58.5 Å². The Labute approximate surface area is 164 Å². The fourth-order valence-corrected chi connectivity index (χ4v) is 3.17. The summed E-state index contributed by atoms with van der Waals surface area (Å²) in [7, 11) is 3.52. The van der Waals surface area contributed by atoms with E-state index in [0.717, 1.165) is 50.9 Å². The molecule has 6 heteroatoms. The van der Waals surface area contributed by atoms with Gasteiger partial charge in [0.25, 0.3) is 0 Å². The summed E-state index contributed by atoms with van der Waals surface area (Å²) in [6.45, 7) is 9.79. The first-order valence-electron chi connectivity index (χ1n) is 10.0. The minimum absolute atomic E-state index is 0.608. The lowest BCUT2D eigenvalue weighted by molar-refractivity contribution is 0.128. The van der Waals surface area contributed by atoms with Crippen LogP contribution in [0.15, 0.2) is 29.3 Å². The molecule has 0 spiro atoms. The van der Waals surface area contributed by atoms with Crippen molar-refractivity contribution in [1.29, 1.82) is 0 Å². The Kier molecular flexibility index (Phi) is 9.25.